The highest BCUT2D eigenvalue weighted by atomic mass is 32.2. The van der Waals surface area contributed by atoms with Crippen LogP contribution >= 0.6 is 0 Å². The summed E-state index contributed by atoms with van der Waals surface area (Å²) in [5.41, 5.74) is 3.56. The van der Waals surface area contributed by atoms with Crippen LogP contribution in [0.3, 0.4) is 0 Å². The first-order valence-electron chi connectivity index (χ1n) is 9.06. The van der Waals surface area contributed by atoms with Crippen LogP contribution in [0.25, 0.3) is 10.9 Å². The predicted molar refractivity (Wildman–Crippen MR) is 109 cm³/mol. The molecule has 8 heteroatoms. The Kier molecular flexibility index (Phi) is 6.05. The molecule has 0 saturated carbocycles. The SMILES string of the molecule is COc1ccc2c(CC(NS(=O)c3c(C)cc(C)cc3C)C(F)(F)F)c[nH]c2c1. The minimum atomic E-state index is -4.56. The van der Waals surface area contributed by atoms with Crippen molar-refractivity contribution in [2.75, 3.05) is 7.11 Å². The molecule has 3 rings (SSSR count). The Balaban J connectivity index is 1.89. The fourth-order valence-corrected chi connectivity index (χ4v) is 4.85. The van der Waals surface area contributed by atoms with Crippen molar-refractivity contribution in [1.29, 1.82) is 0 Å². The maximum absolute atomic E-state index is 13.7. The summed E-state index contributed by atoms with van der Waals surface area (Å²) in [7, 11) is -0.465. The molecule has 2 N–H and O–H groups in total. The van der Waals surface area contributed by atoms with Gasteiger partial charge in [0.2, 0.25) is 0 Å². The number of nitrogens with one attached hydrogen (secondary N) is 2. The zero-order valence-corrected chi connectivity index (χ0v) is 17.4. The van der Waals surface area contributed by atoms with Gasteiger partial charge in [0, 0.05) is 23.2 Å². The Hall–Kier alpha value is -2.32. The second-order valence-corrected chi connectivity index (χ2v) is 8.32. The molecule has 3 aromatic rings. The minimum Gasteiger partial charge on any atom is -0.497 e. The van der Waals surface area contributed by atoms with Crippen LogP contribution in [-0.2, 0) is 17.4 Å². The van der Waals surface area contributed by atoms with Gasteiger partial charge in [0.25, 0.3) is 0 Å². The number of halogens is 3. The normalized spacial score (nSPS) is 14.2. The maximum Gasteiger partial charge on any atom is 0.405 e. The van der Waals surface area contributed by atoms with Crippen molar-refractivity contribution in [2.24, 2.45) is 0 Å². The van der Waals surface area contributed by atoms with Gasteiger partial charge in [0.1, 0.15) is 22.8 Å². The van der Waals surface area contributed by atoms with E-state index >= 15 is 0 Å². The smallest absolute Gasteiger partial charge is 0.405 e. The molecule has 2 aromatic carbocycles. The van der Waals surface area contributed by atoms with Crippen molar-refractivity contribution in [3.63, 3.8) is 0 Å². The average Bonchev–Trinajstić information content (AvgIpc) is 3.01. The van der Waals surface area contributed by atoms with Crippen molar-refractivity contribution in [2.45, 2.75) is 44.3 Å². The summed E-state index contributed by atoms with van der Waals surface area (Å²) < 4.78 is 61.5. The molecule has 4 nitrogen and oxygen atoms in total. The molecule has 0 amide bonds. The Morgan fingerprint density at radius 3 is 2.38 bits per heavy atom. The van der Waals surface area contributed by atoms with E-state index in [0.29, 0.717) is 38.2 Å². The molecular weight excluding hydrogens is 401 g/mol. The van der Waals surface area contributed by atoms with Gasteiger partial charge >= 0.3 is 6.18 Å². The fourth-order valence-electron chi connectivity index (χ4n) is 3.55. The number of aromatic amines is 1. The number of hydrogen-bond acceptors (Lipinski definition) is 2. The Bertz CT molecular complexity index is 1040. The van der Waals surface area contributed by atoms with Crippen molar-refractivity contribution < 1.29 is 22.1 Å². The molecule has 0 bridgehead atoms. The van der Waals surface area contributed by atoms with E-state index in [2.05, 4.69) is 9.71 Å². The van der Waals surface area contributed by atoms with Crippen LogP contribution < -0.4 is 9.46 Å². The van der Waals surface area contributed by atoms with Gasteiger partial charge in [-0.3, -0.25) is 0 Å². The number of rotatable bonds is 6. The first-order chi connectivity index (χ1) is 13.6. The van der Waals surface area contributed by atoms with Crippen LogP contribution in [0, 0.1) is 20.8 Å². The van der Waals surface area contributed by atoms with Crippen molar-refractivity contribution in [3.05, 3.63) is 58.8 Å². The third kappa shape index (κ3) is 4.64. The number of aromatic nitrogens is 1. The molecular formula is C21H23F3N2O2S. The van der Waals surface area contributed by atoms with Gasteiger partial charge in [-0.05, 0) is 56.0 Å². The summed E-state index contributed by atoms with van der Waals surface area (Å²) in [6.07, 6.45) is -3.35. The van der Waals surface area contributed by atoms with Crippen LogP contribution in [0.5, 0.6) is 5.75 Å². The van der Waals surface area contributed by atoms with E-state index in [9.17, 15) is 17.4 Å². The number of fused-ring (bicyclic) bond motifs is 1. The quantitative estimate of drug-likeness (QED) is 0.592. The molecule has 0 fully saturated rings. The molecule has 0 aliphatic heterocycles. The number of alkyl halides is 3. The lowest BCUT2D eigenvalue weighted by Crippen LogP contribution is -2.44. The van der Waals surface area contributed by atoms with E-state index in [-0.39, 0.29) is 6.42 Å². The second-order valence-electron chi connectivity index (χ2n) is 7.14. The van der Waals surface area contributed by atoms with E-state index in [1.165, 1.54) is 7.11 Å². The number of methoxy groups -OCH3 is 1. The lowest BCUT2D eigenvalue weighted by molar-refractivity contribution is -0.150. The molecule has 156 valence electrons. The summed E-state index contributed by atoms with van der Waals surface area (Å²) in [4.78, 5) is 3.37. The Labute approximate surface area is 170 Å². The van der Waals surface area contributed by atoms with Gasteiger partial charge < -0.3 is 9.72 Å². The monoisotopic (exact) mass is 424 g/mol. The zero-order chi connectivity index (χ0) is 21.3. The van der Waals surface area contributed by atoms with Crippen molar-refractivity contribution in [3.8, 4) is 5.75 Å². The molecule has 0 saturated heterocycles. The third-order valence-corrected chi connectivity index (χ3v) is 6.35. The minimum absolute atomic E-state index is 0.342. The van der Waals surface area contributed by atoms with Crippen molar-refractivity contribution in [1.82, 2.24) is 9.71 Å². The van der Waals surface area contributed by atoms with Crippen LogP contribution in [-0.4, -0.2) is 28.5 Å². The number of aryl methyl sites for hydroxylation is 3. The number of H-pyrrole nitrogens is 1. The number of hydrogen-bond donors (Lipinski definition) is 2. The lowest BCUT2D eigenvalue weighted by Gasteiger charge is -2.22. The molecule has 2 atom stereocenters. The van der Waals surface area contributed by atoms with Gasteiger partial charge in [0.15, 0.2) is 0 Å². The number of ether oxygens (including phenoxy) is 1. The number of benzene rings is 2. The van der Waals surface area contributed by atoms with Gasteiger partial charge in [-0.1, -0.05) is 17.7 Å². The standard InChI is InChI=1S/C21H23F3N2O2S/c1-12-7-13(2)20(14(3)8-12)29(27)26-19(21(22,23)24)9-15-11-25-18-10-16(28-4)5-6-17(15)18/h5-8,10-11,19,25-26H,9H2,1-4H3. The summed E-state index contributed by atoms with van der Waals surface area (Å²) in [6, 6.07) is 6.83. The van der Waals surface area contributed by atoms with E-state index in [4.69, 9.17) is 4.74 Å². The predicted octanol–water partition coefficient (Wildman–Crippen LogP) is 4.89. The fraction of sp³-hybridized carbons (Fsp3) is 0.333. The van der Waals surface area contributed by atoms with Gasteiger partial charge in [-0.2, -0.15) is 13.2 Å². The van der Waals surface area contributed by atoms with Gasteiger partial charge in [-0.15, -0.1) is 0 Å². The summed E-state index contributed by atoms with van der Waals surface area (Å²) in [5.74, 6) is 0.614. The molecule has 0 radical (unpaired) electrons. The van der Waals surface area contributed by atoms with E-state index in [0.717, 1.165) is 5.56 Å². The molecule has 0 spiro atoms. The highest BCUT2D eigenvalue weighted by Gasteiger charge is 2.41. The second kappa shape index (κ2) is 8.20. The molecule has 0 aliphatic rings. The molecule has 1 aromatic heterocycles. The van der Waals surface area contributed by atoms with Crippen molar-refractivity contribution >= 4 is 21.9 Å². The van der Waals surface area contributed by atoms with Gasteiger partial charge in [-0.25, -0.2) is 8.93 Å². The summed E-state index contributed by atoms with van der Waals surface area (Å²) in [5, 5.41) is 0.676. The first kappa shape index (κ1) is 21.4. The van der Waals surface area contributed by atoms with Crippen LogP contribution in [0.4, 0.5) is 13.2 Å². The third-order valence-electron chi connectivity index (χ3n) is 4.83. The lowest BCUT2D eigenvalue weighted by atomic mass is 10.1. The largest absolute Gasteiger partial charge is 0.497 e. The highest BCUT2D eigenvalue weighted by Crippen LogP contribution is 2.29. The average molecular weight is 424 g/mol. The van der Waals surface area contributed by atoms with Crippen LogP contribution in [0.2, 0.25) is 0 Å². The Morgan fingerprint density at radius 1 is 1.14 bits per heavy atom. The van der Waals surface area contributed by atoms with Crippen LogP contribution in [0.15, 0.2) is 41.4 Å². The van der Waals surface area contributed by atoms with Crippen LogP contribution in [0.1, 0.15) is 22.3 Å². The van der Waals surface area contributed by atoms with E-state index < -0.39 is 23.2 Å². The summed E-state index contributed by atoms with van der Waals surface area (Å²) >= 11 is 0. The highest BCUT2D eigenvalue weighted by molar-refractivity contribution is 7.83. The van der Waals surface area contributed by atoms with E-state index in [1.54, 1.807) is 38.2 Å². The summed E-state index contributed by atoms with van der Waals surface area (Å²) in [6.45, 7) is 5.40. The molecule has 0 aliphatic carbocycles. The van der Waals surface area contributed by atoms with E-state index in [1.807, 2.05) is 19.1 Å². The Morgan fingerprint density at radius 2 is 1.79 bits per heavy atom. The topological polar surface area (TPSA) is 54.1 Å². The van der Waals surface area contributed by atoms with Gasteiger partial charge in [0.05, 0.1) is 12.0 Å². The molecule has 1 heterocycles. The molecule has 2 unspecified atom stereocenters. The maximum atomic E-state index is 13.7. The molecule has 29 heavy (non-hydrogen) atoms. The first-order valence-corrected chi connectivity index (χ1v) is 10.2. The zero-order valence-electron chi connectivity index (χ0n) is 16.6.